The molecule has 0 amide bonds. The van der Waals surface area contributed by atoms with E-state index in [1.807, 2.05) is 13.8 Å². The van der Waals surface area contributed by atoms with Gasteiger partial charge in [0.15, 0.2) is 0 Å². The second kappa shape index (κ2) is 5.04. The van der Waals surface area contributed by atoms with Crippen molar-refractivity contribution in [2.45, 2.75) is 20.0 Å². The lowest BCUT2D eigenvalue weighted by atomic mass is 10.0. The Balaban J connectivity index is 2.47. The Morgan fingerprint density at radius 3 is 2.39 bits per heavy atom. The highest BCUT2D eigenvalue weighted by atomic mass is 35.5. The molecule has 0 radical (unpaired) electrons. The SMILES string of the molecule is Cc1cc(C(O)c2cc(F)ccc2Cl)cc(C)n1. The molecular formula is C14H13ClFNO. The molecule has 1 aromatic heterocycles. The van der Waals surface area contributed by atoms with Gasteiger partial charge in [-0.1, -0.05) is 11.6 Å². The van der Waals surface area contributed by atoms with Gasteiger partial charge in [0.2, 0.25) is 0 Å². The van der Waals surface area contributed by atoms with Gasteiger partial charge in [-0.2, -0.15) is 0 Å². The van der Waals surface area contributed by atoms with Crippen molar-refractivity contribution in [3.05, 3.63) is 63.7 Å². The van der Waals surface area contributed by atoms with Crippen LogP contribution in [0.5, 0.6) is 0 Å². The highest BCUT2D eigenvalue weighted by Gasteiger charge is 2.15. The zero-order valence-electron chi connectivity index (χ0n) is 10.1. The number of benzene rings is 1. The summed E-state index contributed by atoms with van der Waals surface area (Å²) in [6, 6.07) is 7.48. The average Bonchev–Trinajstić information content (AvgIpc) is 2.30. The van der Waals surface area contributed by atoms with Gasteiger partial charge in [-0.3, -0.25) is 4.98 Å². The Labute approximate surface area is 110 Å². The minimum absolute atomic E-state index is 0.344. The largest absolute Gasteiger partial charge is 0.384 e. The summed E-state index contributed by atoms with van der Waals surface area (Å²) in [5, 5.41) is 10.6. The topological polar surface area (TPSA) is 33.1 Å². The Morgan fingerprint density at radius 1 is 1.17 bits per heavy atom. The summed E-state index contributed by atoms with van der Waals surface area (Å²) in [7, 11) is 0. The molecule has 0 bridgehead atoms. The molecule has 1 N–H and O–H groups in total. The number of aliphatic hydroxyl groups excluding tert-OH is 1. The number of hydrogen-bond acceptors (Lipinski definition) is 2. The fraction of sp³-hybridized carbons (Fsp3) is 0.214. The van der Waals surface area contributed by atoms with Crippen LogP contribution in [-0.2, 0) is 0 Å². The smallest absolute Gasteiger partial charge is 0.123 e. The fourth-order valence-corrected chi connectivity index (χ4v) is 2.15. The summed E-state index contributed by atoms with van der Waals surface area (Å²) < 4.78 is 13.2. The van der Waals surface area contributed by atoms with Gasteiger partial charge in [0, 0.05) is 22.0 Å². The molecule has 0 aliphatic heterocycles. The van der Waals surface area contributed by atoms with Crippen LogP contribution in [-0.4, -0.2) is 10.1 Å². The van der Waals surface area contributed by atoms with Crippen molar-refractivity contribution in [1.29, 1.82) is 0 Å². The van der Waals surface area contributed by atoms with E-state index in [1.165, 1.54) is 18.2 Å². The van der Waals surface area contributed by atoms with Crippen molar-refractivity contribution in [2.24, 2.45) is 0 Å². The maximum Gasteiger partial charge on any atom is 0.123 e. The number of aryl methyl sites for hydroxylation is 2. The van der Waals surface area contributed by atoms with E-state index in [2.05, 4.69) is 4.98 Å². The summed E-state index contributed by atoms with van der Waals surface area (Å²) in [6.07, 6.45) is -0.950. The molecule has 0 fully saturated rings. The maximum atomic E-state index is 13.2. The first-order valence-corrected chi connectivity index (χ1v) is 5.93. The van der Waals surface area contributed by atoms with Crippen LogP contribution in [0.3, 0.4) is 0 Å². The van der Waals surface area contributed by atoms with E-state index in [0.29, 0.717) is 16.1 Å². The molecule has 1 atom stereocenters. The molecule has 18 heavy (non-hydrogen) atoms. The van der Waals surface area contributed by atoms with Crippen LogP contribution in [0.15, 0.2) is 30.3 Å². The van der Waals surface area contributed by atoms with Crippen LogP contribution in [0, 0.1) is 19.7 Å². The van der Waals surface area contributed by atoms with Crippen LogP contribution < -0.4 is 0 Å². The minimum atomic E-state index is -0.950. The predicted octanol–water partition coefficient (Wildman–Crippen LogP) is 3.57. The van der Waals surface area contributed by atoms with Crippen LogP contribution >= 0.6 is 11.6 Å². The Hall–Kier alpha value is -1.45. The van der Waals surface area contributed by atoms with Crippen LogP contribution in [0.4, 0.5) is 4.39 Å². The molecule has 1 heterocycles. The van der Waals surface area contributed by atoms with Crippen molar-refractivity contribution >= 4 is 11.6 Å². The monoisotopic (exact) mass is 265 g/mol. The molecule has 2 rings (SSSR count). The average molecular weight is 266 g/mol. The number of aliphatic hydroxyl groups is 1. The summed E-state index contributed by atoms with van der Waals surface area (Å²) in [6.45, 7) is 3.69. The summed E-state index contributed by atoms with van der Waals surface area (Å²) in [5.74, 6) is -0.420. The van der Waals surface area contributed by atoms with E-state index in [9.17, 15) is 9.50 Å². The molecule has 0 aliphatic carbocycles. The van der Waals surface area contributed by atoms with E-state index in [-0.39, 0.29) is 0 Å². The Morgan fingerprint density at radius 2 is 1.78 bits per heavy atom. The molecule has 0 saturated heterocycles. The fourth-order valence-electron chi connectivity index (χ4n) is 1.93. The molecule has 0 spiro atoms. The number of aromatic nitrogens is 1. The standard InChI is InChI=1S/C14H13ClFNO/c1-8-5-10(6-9(2)17-8)14(18)12-7-11(16)3-4-13(12)15/h3-7,14,18H,1-2H3. The van der Waals surface area contributed by atoms with E-state index in [4.69, 9.17) is 11.6 Å². The molecule has 2 nitrogen and oxygen atoms in total. The third-order valence-corrected chi connectivity index (χ3v) is 3.02. The molecule has 0 saturated carbocycles. The number of pyridine rings is 1. The zero-order valence-corrected chi connectivity index (χ0v) is 10.9. The minimum Gasteiger partial charge on any atom is -0.384 e. The number of rotatable bonds is 2. The van der Waals surface area contributed by atoms with Gasteiger partial charge in [-0.15, -0.1) is 0 Å². The summed E-state index contributed by atoms with van der Waals surface area (Å²) in [4.78, 5) is 4.23. The molecular weight excluding hydrogens is 253 g/mol. The van der Waals surface area contributed by atoms with Gasteiger partial charge in [-0.05, 0) is 49.7 Å². The number of hydrogen-bond donors (Lipinski definition) is 1. The number of nitrogens with zero attached hydrogens (tertiary/aromatic N) is 1. The second-order valence-corrected chi connectivity index (χ2v) is 4.66. The Kier molecular flexibility index (Phi) is 3.64. The first-order valence-electron chi connectivity index (χ1n) is 5.55. The van der Waals surface area contributed by atoms with E-state index in [0.717, 1.165) is 11.4 Å². The third-order valence-electron chi connectivity index (χ3n) is 2.67. The van der Waals surface area contributed by atoms with Crippen LogP contribution in [0.25, 0.3) is 0 Å². The Bertz CT molecular complexity index is 566. The third kappa shape index (κ3) is 2.68. The predicted molar refractivity (Wildman–Crippen MR) is 69.2 cm³/mol. The van der Waals surface area contributed by atoms with E-state index >= 15 is 0 Å². The lowest BCUT2D eigenvalue weighted by Gasteiger charge is -2.14. The van der Waals surface area contributed by atoms with Gasteiger partial charge in [0.1, 0.15) is 11.9 Å². The normalized spacial score (nSPS) is 12.5. The molecule has 1 aromatic carbocycles. The molecule has 4 heteroatoms. The van der Waals surface area contributed by atoms with Crippen LogP contribution in [0.2, 0.25) is 5.02 Å². The maximum absolute atomic E-state index is 13.2. The lowest BCUT2D eigenvalue weighted by molar-refractivity contribution is 0.219. The van der Waals surface area contributed by atoms with E-state index in [1.54, 1.807) is 12.1 Å². The van der Waals surface area contributed by atoms with Crippen molar-refractivity contribution in [3.8, 4) is 0 Å². The van der Waals surface area contributed by atoms with Crippen molar-refractivity contribution < 1.29 is 9.50 Å². The van der Waals surface area contributed by atoms with Gasteiger partial charge in [0.25, 0.3) is 0 Å². The van der Waals surface area contributed by atoms with Crippen LogP contribution in [0.1, 0.15) is 28.6 Å². The highest BCUT2D eigenvalue weighted by Crippen LogP contribution is 2.29. The van der Waals surface area contributed by atoms with Gasteiger partial charge in [-0.25, -0.2) is 4.39 Å². The van der Waals surface area contributed by atoms with Gasteiger partial charge < -0.3 is 5.11 Å². The first-order chi connectivity index (χ1) is 8.47. The van der Waals surface area contributed by atoms with Crippen molar-refractivity contribution in [2.75, 3.05) is 0 Å². The first kappa shape index (κ1) is 13.0. The van der Waals surface area contributed by atoms with E-state index < -0.39 is 11.9 Å². The molecule has 1 unspecified atom stereocenters. The highest BCUT2D eigenvalue weighted by molar-refractivity contribution is 6.31. The molecule has 94 valence electrons. The lowest BCUT2D eigenvalue weighted by Crippen LogP contribution is -2.03. The van der Waals surface area contributed by atoms with Crippen molar-refractivity contribution in [3.63, 3.8) is 0 Å². The summed E-state index contributed by atoms with van der Waals surface area (Å²) >= 11 is 5.98. The number of halogens is 2. The van der Waals surface area contributed by atoms with Gasteiger partial charge >= 0.3 is 0 Å². The van der Waals surface area contributed by atoms with Crippen molar-refractivity contribution in [1.82, 2.24) is 4.98 Å². The summed E-state index contributed by atoms with van der Waals surface area (Å²) in [5.41, 5.74) is 2.63. The quantitative estimate of drug-likeness (QED) is 0.900. The second-order valence-electron chi connectivity index (χ2n) is 4.25. The molecule has 2 aromatic rings. The van der Waals surface area contributed by atoms with Gasteiger partial charge in [0.05, 0.1) is 0 Å². The zero-order chi connectivity index (χ0) is 13.3. The molecule has 0 aliphatic rings.